The highest BCUT2D eigenvalue weighted by atomic mass is 19.4. The minimum Gasteiger partial charge on any atom is -0.376 e. The van der Waals surface area contributed by atoms with Gasteiger partial charge < -0.3 is 10.6 Å². The number of alkyl halides is 6. The Balaban J connectivity index is 2.60. The van der Waals surface area contributed by atoms with Gasteiger partial charge in [0.05, 0.1) is 12.1 Å². The normalized spacial score (nSPS) is 12.1. The van der Waals surface area contributed by atoms with E-state index in [9.17, 15) is 31.1 Å². The van der Waals surface area contributed by atoms with Crippen LogP contribution in [0.15, 0.2) is 24.3 Å². The van der Waals surface area contributed by atoms with Crippen molar-refractivity contribution < 1.29 is 31.1 Å². The van der Waals surface area contributed by atoms with E-state index >= 15 is 0 Å². The minimum absolute atomic E-state index is 0.373. The summed E-state index contributed by atoms with van der Waals surface area (Å²) in [5.74, 6) is -1.06. The molecule has 2 N–H and O–H groups in total. The van der Waals surface area contributed by atoms with Crippen LogP contribution in [0.3, 0.4) is 0 Å². The van der Waals surface area contributed by atoms with Crippen LogP contribution < -0.4 is 10.6 Å². The topological polar surface area (TPSA) is 41.1 Å². The molecule has 3 nitrogen and oxygen atoms in total. The molecule has 0 fully saturated rings. The fourth-order valence-electron chi connectivity index (χ4n) is 1.32. The summed E-state index contributed by atoms with van der Waals surface area (Å²) in [6, 6.07) is 4.36. The molecule has 0 saturated heterocycles. The van der Waals surface area contributed by atoms with Crippen molar-refractivity contribution in [2.24, 2.45) is 0 Å². The lowest BCUT2D eigenvalue weighted by atomic mass is 10.1. The zero-order chi connectivity index (χ0) is 15.4. The van der Waals surface area contributed by atoms with Gasteiger partial charge in [-0.2, -0.15) is 26.3 Å². The molecule has 0 aromatic heterocycles. The fraction of sp³-hybridized carbons (Fsp3) is 0.364. The molecule has 0 radical (unpaired) electrons. The Morgan fingerprint density at radius 3 is 2.20 bits per heavy atom. The van der Waals surface area contributed by atoms with Crippen molar-refractivity contribution in [1.29, 1.82) is 0 Å². The van der Waals surface area contributed by atoms with Crippen LogP contribution in [0.5, 0.6) is 0 Å². The van der Waals surface area contributed by atoms with Gasteiger partial charge in [-0.1, -0.05) is 12.1 Å². The fourth-order valence-corrected chi connectivity index (χ4v) is 1.32. The van der Waals surface area contributed by atoms with Crippen LogP contribution in [0.25, 0.3) is 0 Å². The second-order valence-electron chi connectivity index (χ2n) is 3.79. The van der Waals surface area contributed by atoms with E-state index in [1.54, 1.807) is 5.32 Å². The highest BCUT2D eigenvalue weighted by molar-refractivity contribution is 5.81. The molecule has 0 unspecified atom stereocenters. The lowest BCUT2D eigenvalue weighted by Gasteiger charge is -2.14. The van der Waals surface area contributed by atoms with Crippen LogP contribution in [0, 0.1) is 0 Å². The lowest BCUT2D eigenvalue weighted by Crippen LogP contribution is -2.37. The first-order valence-electron chi connectivity index (χ1n) is 5.33. The van der Waals surface area contributed by atoms with Gasteiger partial charge in [0.2, 0.25) is 5.91 Å². The molecular weight excluding hydrogens is 290 g/mol. The molecule has 1 rings (SSSR count). The van der Waals surface area contributed by atoms with Crippen LogP contribution >= 0.6 is 0 Å². The Hall–Kier alpha value is -1.93. The number of halogens is 6. The highest BCUT2D eigenvalue weighted by Gasteiger charge is 2.33. The number of hydrogen-bond donors (Lipinski definition) is 2. The third-order valence-corrected chi connectivity index (χ3v) is 2.16. The van der Waals surface area contributed by atoms with E-state index < -0.39 is 36.9 Å². The summed E-state index contributed by atoms with van der Waals surface area (Å²) in [7, 11) is 0. The number of benzene rings is 1. The smallest absolute Gasteiger partial charge is 0.376 e. The van der Waals surface area contributed by atoms with Crippen molar-refractivity contribution in [2.75, 3.05) is 18.4 Å². The van der Waals surface area contributed by atoms with Crippen LogP contribution in [-0.2, 0) is 11.0 Å². The van der Waals surface area contributed by atoms with E-state index in [1.165, 1.54) is 6.07 Å². The van der Waals surface area contributed by atoms with Gasteiger partial charge >= 0.3 is 12.4 Å². The molecule has 9 heteroatoms. The highest BCUT2D eigenvalue weighted by Crippen LogP contribution is 2.34. The van der Waals surface area contributed by atoms with Crippen molar-refractivity contribution in [3.63, 3.8) is 0 Å². The summed E-state index contributed by atoms with van der Waals surface area (Å²) in [4.78, 5) is 11.1. The molecule has 0 heterocycles. The predicted octanol–water partition coefficient (Wildman–Crippen LogP) is 2.80. The lowest BCUT2D eigenvalue weighted by molar-refractivity contribution is -0.137. The number of para-hydroxylation sites is 1. The first kappa shape index (κ1) is 16.1. The Bertz CT molecular complexity index is 469. The number of carbonyl (C=O) groups is 1. The van der Waals surface area contributed by atoms with Gasteiger partial charge in [-0.05, 0) is 12.1 Å². The number of rotatable bonds is 4. The molecule has 20 heavy (non-hydrogen) atoms. The molecule has 0 aliphatic heterocycles. The van der Waals surface area contributed by atoms with E-state index in [1.807, 2.05) is 0 Å². The molecule has 0 aliphatic carbocycles. The number of nitrogens with one attached hydrogen (secondary N) is 2. The third kappa shape index (κ3) is 5.37. The third-order valence-electron chi connectivity index (χ3n) is 2.16. The molecule has 1 amide bonds. The standard InChI is InChI=1S/C11H10F6N2O/c12-10(13,14)6-19-9(20)5-18-8-4-2-1-3-7(8)11(15,16)17/h1-4,18H,5-6H2,(H,19,20). The van der Waals surface area contributed by atoms with Gasteiger partial charge in [-0.25, -0.2) is 0 Å². The zero-order valence-electron chi connectivity index (χ0n) is 9.90. The molecule has 0 saturated carbocycles. The van der Waals surface area contributed by atoms with Crippen LogP contribution in [0.1, 0.15) is 5.56 Å². The first-order chi connectivity index (χ1) is 9.09. The molecule has 0 atom stereocenters. The largest absolute Gasteiger partial charge is 0.418 e. The Labute approximate surface area is 110 Å². The summed E-state index contributed by atoms with van der Waals surface area (Å²) < 4.78 is 73.2. The minimum atomic E-state index is -4.62. The van der Waals surface area contributed by atoms with E-state index in [-0.39, 0.29) is 5.69 Å². The predicted molar refractivity (Wildman–Crippen MR) is 59.0 cm³/mol. The molecule has 0 bridgehead atoms. The SMILES string of the molecule is O=C(CNc1ccccc1C(F)(F)F)NCC(F)(F)F. The number of carbonyl (C=O) groups excluding carboxylic acids is 1. The summed E-state index contributed by atoms with van der Waals surface area (Å²) >= 11 is 0. The van der Waals surface area contributed by atoms with E-state index in [2.05, 4.69) is 5.32 Å². The van der Waals surface area contributed by atoms with Crippen molar-refractivity contribution in [1.82, 2.24) is 5.32 Å². The first-order valence-corrected chi connectivity index (χ1v) is 5.33. The Morgan fingerprint density at radius 1 is 1.05 bits per heavy atom. The van der Waals surface area contributed by atoms with Gasteiger partial charge in [0, 0.05) is 5.69 Å². The Kier molecular flexibility index (Phi) is 4.85. The summed E-state index contributed by atoms with van der Waals surface area (Å²) in [5, 5.41) is 3.70. The molecule has 1 aromatic carbocycles. The quantitative estimate of drug-likeness (QED) is 0.840. The second-order valence-corrected chi connectivity index (χ2v) is 3.79. The number of amides is 1. The average Bonchev–Trinajstić information content (AvgIpc) is 2.32. The number of anilines is 1. The molecular formula is C11H10F6N2O. The molecule has 0 spiro atoms. The van der Waals surface area contributed by atoms with Crippen molar-refractivity contribution in [2.45, 2.75) is 12.4 Å². The van der Waals surface area contributed by atoms with Crippen molar-refractivity contribution in [3.8, 4) is 0 Å². The zero-order valence-corrected chi connectivity index (χ0v) is 9.90. The van der Waals surface area contributed by atoms with Gasteiger partial charge in [0.1, 0.15) is 6.54 Å². The van der Waals surface area contributed by atoms with E-state index in [0.29, 0.717) is 0 Å². The second kappa shape index (κ2) is 6.02. The Morgan fingerprint density at radius 2 is 1.65 bits per heavy atom. The van der Waals surface area contributed by atoms with Gasteiger partial charge in [-0.3, -0.25) is 4.79 Å². The van der Waals surface area contributed by atoms with Crippen LogP contribution in [0.2, 0.25) is 0 Å². The van der Waals surface area contributed by atoms with E-state index in [4.69, 9.17) is 0 Å². The van der Waals surface area contributed by atoms with Crippen LogP contribution in [0.4, 0.5) is 32.0 Å². The maximum absolute atomic E-state index is 12.6. The number of hydrogen-bond acceptors (Lipinski definition) is 2. The van der Waals surface area contributed by atoms with Gasteiger partial charge in [0.25, 0.3) is 0 Å². The maximum Gasteiger partial charge on any atom is 0.418 e. The van der Waals surface area contributed by atoms with Crippen molar-refractivity contribution in [3.05, 3.63) is 29.8 Å². The molecule has 0 aliphatic rings. The summed E-state index contributed by atoms with van der Waals surface area (Å²) in [6.07, 6.45) is -9.19. The monoisotopic (exact) mass is 300 g/mol. The molecule has 112 valence electrons. The van der Waals surface area contributed by atoms with E-state index in [0.717, 1.165) is 18.2 Å². The average molecular weight is 300 g/mol. The van der Waals surface area contributed by atoms with Gasteiger partial charge in [-0.15, -0.1) is 0 Å². The summed E-state index contributed by atoms with van der Waals surface area (Å²) in [5.41, 5.74) is -1.37. The maximum atomic E-state index is 12.6. The summed E-state index contributed by atoms with van der Waals surface area (Å²) in [6.45, 7) is -2.22. The van der Waals surface area contributed by atoms with Crippen molar-refractivity contribution >= 4 is 11.6 Å². The van der Waals surface area contributed by atoms with Crippen LogP contribution in [-0.4, -0.2) is 25.2 Å². The molecule has 1 aromatic rings. The van der Waals surface area contributed by atoms with Gasteiger partial charge in [0.15, 0.2) is 0 Å².